The maximum atomic E-state index is 13.0. The van der Waals surface area contributed by atoms with Gasteiger partial charge in [0.1, 0.15) is 43.2 Å². The molecule has 2 saturated heterocycles. The van der Waals surface area contributed by atoms with Crippen LogP contribution in [0, 0.1) is 0 Å². The molecule has 0 bridgehead atoms. The molecule has 2 rings (SSSR count). The second kappa shape index (κ2) is 36.2. The van der Waals surface area contributed by atoms with Crippen LogP contribution in [-0.2, 0) is 38.0 Å². The van der Waals surface area contributed by atoms with Crippen LogP contribution >= 0.6 is 0 Å². The summed E-state index contributed by atoms with van der Waals surface area (Å²) >= 11 is 0. The fraction of sp³-hybridized carbons (Fsp3) is 0.725. The Hall–Kier alpha value is -2.98. The molecule has 0 aliphatic carbocycles. The molecule has 2 fully saturated rings. The summed E-state index contributed by atoms with van der Waals surface area (Å²) in [5.41, 5.74) is 0. The highest BCUT2D eigenvalue weighted by Gasteiger charge is 2.49. The highest BCUT2D eigenvalue weighted by molar-refractivity contribution is 5.70. The van der Waals surface area contributed by atoms with Crippen LogP contribution in [-0.4, -0.2) is 118 Å². The van der Waals surface area contributed by atoms with Crippen LogP contribution in [0.4, 0.5) is 0 Å². The Morgan fingerprint density at radius 1 is 0.500 bits per heavy atom. The summed E-state index contributed by atoms with van der Waals surface area (Å²) in [5, 5.41) is 52.6. The molecule has 0 spiro atoms. The molecule has 0 aromatic carbocycles. The Morgan fingerprint density at radius 2 is 0.953 bits per heavy atom. The zero-order valence-corrected chi connectivity index (χ0v) is 39.3. The van der Waals surface area contributed by atoms with Crippen LogP contribution in [0.15, 0.2) is 72.9 Å². The van der Waals surface area contributed by atoms with E-state index in [1.54, 1.807) is 6.92 Å². The second-order valence-corrected chi connectivity index (χ2v) is 16.8. The van der Waals surface area contributed by atoms with E-state index in [0.29, 0.717) is 12.8 Å². The fourth-order valence-electron chi connectivity index (χ4n) is 7.21. The van der Waals surface area contributed by atoms with Crippen molar-refractivity contribution in [3.05, 3.63) is 72.9 Å². The van der Waals surface area contributed by atoms with E-state index in [2.05, 4.69) is 86.8 Å². The van der Waals surface area contributed by atoms with Crippen LogP contribution in [0.2, 0.25) is 0 Å². The van der Waals surface area contributed by atoms with Gasteiger partial charge in [0.05, 0.1) is 18.8 Å². The molecule has 2 aliphatic heterocycles. The lowest BCUT2D eigenvalue weighted by molar-refractivity contribution is -0.353. The first kappa shape index (κ1) is 57.1. The van der Waals surface area contributed by atoms with Gasteiger partial charge in [-0.05, 0) is 90.9 Å². The predicted molar refractivity (Wildman–Crippen MR) is 249 cm³/mol. The quantitative estimate of drug-likeness (QED) is 0.0236. The first-order chi connectivity index (χ1) is 31.0. The van der Waals surface area contributed by atoms with Crippen molar-refractivity contribution in [2.75, 3.05) is 13.2 Å². The third-order valence-electron chi connectivity index (χ3n) is 11.1. The van der Waals surface area contributed by atoms with Gasteiger partial charge in [-0.2, -0.15) is 0 Å². The van der Waals surface area contributed by atoms with Gasteiger partial charge < -0.3 is 54.0 Å². The van der Waals surface area contributed by atoms with E-state index in [0.717, 1.165) is 103 Å². The van der Waals surface area contributed by atoms with Crippen molar-refractivity contribution in [1.29, 1.82) is 0 Å². The molecule has 0 aromatic rings. The molecule has 5 N–H and O–H groups in total. The number of aliphatic hydroxyl groups excluding tert-OH is 5. The average Bonchev–Trinajstić information content (AvgIpc) is 3.28. The summed E-state index contributed by atoms with van der Waals surface area (Å²) in [7, 11) is 0. The van der Waals surface area contributed by atoms with Gasteiger partial charge >= 0.3 is 11.9 Å². The topological polar surface area (TPSA) is 191 Å². The molecule has 0 aromatic heterocycles. The molecule has 0 saturated carbocycles. The molecule has 366 valence electrons. The smallest absolute Gasteiger partial charge is 0.306 e. The van der Waals surface area contributed by atoms with E-state index in [4.69, 9.17) is 28.4 Å². The summed E-state index contributed by atoms with van der Waals surface area (Å²) in [6.07, 6.45) is 29.7. The maximum absolute atomic E-state index is 13.0. The Bertz CT molecular complexity index is 1390. The van der Waals surface area contributed by atoms with Crippen molar-refractivity contribution >= 4 is 11.9 Å². The molecule has 1 unspecified atom stereocenters. The van der Waals surface area contributed by atoms with Crippen LogP contribution in [0.5, 0.6) is 0 Å². The van der Waals surface area contributed by atoms with E-state index in [9.17, 15) is 35.1 Å². The van der Waals surface area contributed by atoms with Gasteiger partial charge in [-0.25, -0.2) is 0 Å². The summed E-state index contributed by atoms with van der Waals surface area (Å²) < 4.78 is 34.1. The van der Waals surface area contributed by atoms with Crippen LogP contribution in [0.3, 0.4) is 0 Å². The van der Waals surface area contributed by atoms with Crippen LogP contribution < -0.4 is 0 Å². The third-order valence-corrected chi connectivity index (χ3v) is 11.1. The lowest BCUT2D eigenvalue weighted by Gasteiger charge is -2.45. The zero-order valence-electron chi connectivity index (χ0n) is 39.3. The third kappa shape index (κ3) is 25.1. The Kier molecular flexibility index (Phi) is 32.3. The number of rotatable bonds is 34. The molecule has 13 nitrogen and oxygen atoms in total. The van der Waals surface area contributed by atoms with Gasteiger partial charge in [0.15, 0.2) is 18.7 Å². The minimum atomic E-state index is -1.63. The molecule has 2 aliphatic rings. The minimum Gasteiger partial charge on any atom is -0.462 e. The van der Waals surface area contributed by atoms with Crippen molar-refractivity contribution in [2.24, 2.45) is 0 Å². The summed E-state index contributed by atoms with van der Waals surface area (Å²) in [5.74, 6) is -0.873. The van der Waals surface area contributed by atoms with E-state index in [-0.39, 0.29) is 26.1 Å². The number of carbonyl (C=O) groups excluding carboxylic acids is 2. The Morgan fingerprint density at radius 3 is 1.50 bits per heavy atom. The summed E-state index contributed by atoms with van der Waals surface area (Å²) in [6.45, 7) is 6.77. The van der Waals surface area contributed by atoms with Gasteiger partial charge in [-0.3, -0.25) is 9.59 Å². The van der Waals surface area contributed by atoms with E-state index in [1.165, 1.54) is 6.92 Å². The highest BCUT2D eigenvalue weighted by Crippen LogP contribution is 2.29. The minimum absolute atomic E-state index is 0.185. The van der Waals surface area contributed by atoms with Gasteiger partial charge in [0, 0.05) is 12.8 Å². The van der Waals surface area contributed by atoms with E-state index < -0.39 is 79.5 Å². The van der Waals surface area contributed by atoms with Gasteiger partial charge in [-0.1, -0.05) is 125 Å². The Labute approximate surface area is 384 Å². The number of ether oxygens (including phenoxy) is 6. The van der Waals surface area contributed by atoms with Crippen molar-refractivity contribution in [1.82, 2.24) is 0 Å². The molecule has 11 atom stereocenters. The van der Waals surface area contributed by atoms with E-state index >= 15 is 0 Å². The molecule has 0 radical (unpaired) electrons. The maximum Gasteiger partial charge on any atom is 0.306 e. The fourth-order valence-corrected chi connectivity index (χ4v) is 7.21. The molecule has 13 heteroatoms. The first-order valence-corrected chi connectivity index (χ1v) is 24.2. The number of hydrogen-bond acceptors (Lipinski definition) is 13. The number of esters is 2. The van der Waals surface area contributed by atoms with Gasteiger partial charge in [-0.15, -0.1) is 0 Å². The van der Waals surface area contributed by atoms with Crippen molar-refractivity contribution in [2.45, 2.75) is 224 Å². The molecule has 0 amide bonds. The number of hydrogen-bond donors (Lipinski definition) is 5. The number of carbonyl (C=O) groups is 2. The molecule has 2 heterocycles. The van der Waals surface area contributed by atoms with Crippen molar-refractivity contribution < 1.29 is 63.5 Å². The standard InChI is InChI=1S/C51H84O13/c1-5-7-9-11-13-15-17-19-21-23-25-27-29-31-33-35-42(52)59-37-41(63-43(53)36-34-32-30-28-26-24-22-20-18-16-14-12-10-8-6-2)38-60-50-48(58)46(56)49(40(4)62-50)64-51-47(57)45(55)44(54)39(3)61-51/h7-10,13-16,19-22,39-41,44-51,54-58H,5-6,11-12,17-18,23-38H2,1-4H3/b9-7-,10-8-,15-13-,16-14-,21-19?,22-20-/t39-,40-,41?,44-,45+,46-,47+,48+,49-,50-,51+/m0/s1. The normalized spacial score (nSPS) is 27.3. The first-order valence-electron chi connectivity index (χ1n) is 24.2. The SMILES string of the molecule is CC/C=C\C/C=C\CC=CCCCCCCCC(=O)OCC(CO[C@H]1O[C@@H](C)[C@H](O[C@H]2O[C@@H](C)[C@H](O)[C@@H](O)[C@H]2O)[C@@H](O)[C@H]1O)OC(=O)CCCCCCC/C=C\C/C=C\C/C=C\CC. The number of allylic oxidation sites excluding steroid dienone is 12. The molecular weight excluding hydrogens is 821 g/mol. The Balaban J connectivity index is 1.80. The number of unbranched alkanes of at least 4 members (excludes halogenated alkanes) is 10. The van der Waals surface area contributed by atoms with Crippen molar-refractivity contribution in [3.63, 3.8) is 0 Å². The second-order valence-electron chi connectivity index (χ2n) is 16.8. The average molecular weight is 905 g/mol. The predicted octanol–water partition coefficient (Wildman–Crippen LogP) is 8.32. The zero-order chi connectivity index (χ0) is 46.8. The van der Waals surface area contributed by atoms with Crippen molar-refractivity contribution in [3.8, 4) is 0 Å². The summed E-state index contributed by atoms with van der Waals surface area (Å²) in [4.78, 5) is 25.7. The monoisotopic (exact) mass is 905 g/mol. The number of aliphatic hydroxyl groups is 5. The van der Waals surface area contributed by atoms with Gasteiger partial charge in [0.25, 0.3) is 0 Å². The van der Waals surface area contributed by atoms with Crippen LogP contribution in [0.1, 0.15) is 156 Å². The highest BCUT2D eigenvalue weighted by atomic mass is 16.7. The lowest BCUT2D eigenvalue weighted by atomic mass is 9.97. The van der Waals surface area contributed by atoms with E-state index in [1.807, 2.05) is 0 Å². The molecule has 64 heavy (non-hydrogen) atoms. The largest absolute Gasteiger partial charge is 0.462 e. The summed E-state index contributed by atoms with van der Waals surface area (Å²) in [6, 6.07) is 0. The van der Waals surface area contributed by atoms with Gasteiger partial charge in [0.2, 0.25) is 0 Å². The lowest BCUT2D eigenvalue weighted by Crippen LogP contribution is -2.63. The molecular formula is C51H84O13. The van der Waals surface area contributed by atoms with Crippen LogP contribution in [0.25, 0.3) is 0 Å².